The van der Waals surface area contributed by atoms with Crippen LogP contribution in [0.4, 0.5) is 5.13 Å². The van der Waals surface area contributed by atoms with E-state index in [1.165, 1.54) is 16.9 Å². The van der Waals surface area contributed by atoms with Crippen LogP contribution in [0.2, 0.25) is 0 Å². The molecule has 1 N–H and O–H groups in total. The predicted octanol–water partition coefficient (Wildman–Crippen LogP) is 3.51. The fourth-order valence-electron chi connectivity index (χ4n) is 3.89. The second kappa shape index (κ2) is 8.86. The van der Waals surface area contributed by atoms with Gasteiger partial charge in [0, 0.05) is 45.4 Å². The molecule has 0 radical (unpaired) electrons. The first kappa shape index (κ1) is 19.8. The van der Waals surface area contributed by atoms with Gasteiger partial charge >= 0.3 is 0 Å². The first-order valence-electron chi connectivity index (χ1n) is 9.81. The van der Waals surface area contributed by atoms with Crippen LogP contribution in [0.15, 0.2) is 66.9 Å². The van der Waals surface area contributed by atoms with Crippen LogP contribution in [0, 0.1) is 11.8 Å². The van der Waals surface area contributed by atoms with Gasteiger partial charge in [0.15, 0.2) is 5.13 Å². The van der Waals surface area contributed by atoms with Crippen molar-refractivity contribution in [1.82, 2.24) is 9.88 Å². The molecule has 5 nitrogen and oxygen atoms in total. The number of hydrogen-bond acceptors (Lipinski definition) is 5. The smallest absolute Gasteiger partial charge is 0.233 e. The van der Waals surface area contributed by atoms with E-state index in [1.54, 1.807) is 11.9 Å². The van der Waals surface area contributed by atoms with Gasteiger partial charge < -0.3 is 5.11 Å². The lowest BCUT2D eigenvalue weighted by molar-refractivity contribution is -0.123. The number of thiazole rings is 1. The predicted molar refractivity (Wildman–Crippen MR) is 117 cm³/mol. The normalized spacial score (nSPS) is 19.4. The van der Waals surface area contributed by atoms with Gasteiger partial charge in [0.25, 0.3) is 0 Å². The molecule has 1 aliphatic heterocycles. The van der Waals surface area contributed by atoms with E-state index in [4.69, 9.17) is 0 Å². The van der Waals surface area contributed by atoms with Gasteiger partial charge in [-0.3, -0.25) is 14.6 Å². The molecule has 2 aromatic carbocycles. The fraction of sp³-hybridized carbons (Fsp3) is 0.304. The summed E-state index contributed by atoms with van der Waals surface area (Å²) < 4.78 is 0. The molecule has 2 heterocycles. The van der Waals surface area contributed by atoms with Crippen molar-refractivity contribution in [2.24, 2.45) is 11.8 Å². The number of nitrogens with zero attached hydrogens (tertiary/aromatic N) is 3. The highest BCUT2D eigenvalue weighted by Gasteiger charge is 2.39. The lowest BCUT2D eigenvalue weighted by Crippen LogP contribution is -2.37. The third-order valence-corrected chi connectivity index (χ3v) is 6.61. The Balaban J connectivity index is 1.46. The quantitative estimate of drug-likeness (QED) is 0.679. The maximum atomic E-state index is 13.2. The molecule has 1 saturated heterocycles. The van der Waals surface area contributed by atoms with Crippen LogP contribution in [0.1, 0.15) is 5.56 Å². The number of benzene rings is 2. The van der Waals surface area contributed by atoms with E-state index in [1.807, 2.05) is 54.7 Å². The number of carbonyl (C=O) groups is 1. The van der Waals surface area contributed by atoms with E-state index in [2.05, 4.69) is 22.0 Å². The summed E-state index contributed by atoms with van der Waals surface area (Å²) in [5.74, 6) is -0.256. The second-order valence-electron chi connectivity index (χ2n) is 7.50. The summed E-state index contributed by atoms with van der Waals surface area (Å²) in [5, 5.41) is 10.6. The van der Waals surface area contributed by atoms with Gasteiger partial charge in [-0.15, -0.1) is 0 Å². The Hall–Kier alpha value is -2.54. The van der Waals surface area contributed by atoms with Crippen molar-refractivity contribution in [2.75, 3.05) is 31.6 Å². The summed E-state index contributed by atoms with van der Waals surface area (Å²) in [6.07, 6.45) is 1.82. The number of likely N-dealkylation sites (tertiary alicyclic amines) is 1. The van der Waals surface area contributed by atoms with Crippen LogP contribution in [0.3, 0.4) is 0 Å². The van der Waals surface area contributed by atoms with Gasteiger partial charge in [-0.2, -0.15) is 0 Å². The number of aliphatic hydroxyl groups is 1. The molecule has 150 valence electrons. The van der Waals surface area contributed by atoms with Crippen molar-refractivity contribution in [3.8, 4) is 10.4 Å². The zero-order valence-corrected chi connectivity index (χ0v) is 17.3. The molecule has 2 atom stereocenters. The molecule has 29 heavy (non-hydrogen) atoms. The number of carbonyl (C=O) groups excluding carboxylic acids is 1. The average Bonchev–Trinajstić information content (AvgIpc) is 3.41. The largest absolute Gasteiger partial charge is 0.396 e. The number of rotatable bonds is 6. The van der Waals surface area contributed by atoms with Crippen molar-refractivity contribution in [2.45, 2.75) is 6.54 Å². The Morgan fingerprint density at radius 3 is 2.52 bits per heavy atom. The Morgan fingerprint density at radius 1 is 1.14 bits per heavy atom. The lowest BCUT2D eigenvalue weighted by Gasteiger charge is -2.21. The van der Waals surface area contributed by atoms with Crippen molar-refractivity contribution in [3.05, 3.63) is 72.4 Å². The number of anilines is 1. The Morgan fingerprint density at radius 2 is 1.83 bits per heavy atom. The van der Waals surface area contributed by atoms with Crippen molar-refractivity contribution in [1.29, 1.82) is 0 Å². The minimum atomic E-state index is -0.224. The van der Waals surface area contributed by atoms with Crippen molar-refractivity contribution >= 4 is 22.4 Å². The summed E-state index contributed by atoms with van der Waals surface area (Å²) >= 11 is 1.51. The number of aromatic nitrogens is 1. The van der Waals surface area contributed by atoms with Crippen LogP contribution < -0.4 is 4.90 Å². The summed E-state index contributed by atoms with van der Waals surface area (Å²) in [4.78, 5) is 22.6. The van der Waals surface area contributed by atoms with Gasteiger partial charge in [0.05, 0.1) is 10.8 Å². The molecule has 0 saturated carbocycles. The van der Waals surface area contributed by atoms with Crippen LogP contribution >= 0.6 is 11.3 Å². The first-order valence-corrected chi connectivity index (χ1v) is 10.6. The zero-order valence-electron chi connectivity index (χ0n) is 16.4. The van der Waals surface area contributed by atoms with Crippen LogP contribution in [-0.4, -0.2) is 47.6 Å². The highest BCUT2D eigenvalue weighted by atomic mass is 32.1. The van der Waals surface area contributed by atoms with E-state index in [0.717, 1.165) is 23.5 Å². The molecule has 1 amide bonds. The molecule has 6 heteroatoms. The molecule has 4 rings (SSSR count). The molecule has 1 fully saturated rings. The maximum absolute atomic E-state index is 13.2. The molecule has 0 aliphatic carbocycles. The SMILES string of the molecule is CN(C(=O)[C@@H]1CN(Cc2ccccc2)C[C@H]1CO)c1ncc(-c2ccccc2)s1. The fourth-order valence-corrected chi connectivity index (χ4v) is 4.78. The first-order chi connectivity index (χ1) is 14.2. The Labute approximate surface area is 175 Å². The van der Waals surface area contributed by atoms with E-state index in [9.17, 15) is 9.90 Å². The molecule has 0 unspecified atom stereocenters. The van der Waals surface area contributed by atoms with E-state index >= 15 is 0 Å². The summed E-state index contributed by atoms with van der Waals surface area (Å²) in [5.41, 5.74) is 2.32. The van der Waals surface area contributed by atoms with Crippen LogP contribution in [0.5, 0.6) is 0 Å². The standard InChI is InChI=1S/C23H25N3O2S/c1-25(23-24-12-21(29-23)18-10-6-3-7-11-18)22(28)20-15-26(14-19(20)16-27)13-17-8-4-2-5-9-17/h2-12,19-20,27H,13-16H2,1H3/t19-,20+/m0/s1. The molecule has 1 aromatic heterocycles. The average molecular weight is 408 g/mol. The summed E-state index contributed by atoms with van der Waals surface area (Å²) in [6, 6.07) is 20.3. The van der Waals surface area contributed by atoms with Crippen molar-refractivity contribution in [3.63, 3.8) is 0 Å². The molecule has 3 aromatic rings. The highest BCUT2D eigenvalue weighted by molar-refractivity contribution is 7.19. The monoisotopic (exact) mass is 407 g/mol. The number of amides is 1. The molecule has 0 spiro atoms. The van der Waals surface area contributed by atoms with Gasteiger partial charge in [-0.25, -0.2) is 4.98 Å². The Bertz CT molecular complexity index is 945. The zero-order chi connectivity index (χ0) is 20.2. The Kier molecular flexibility index (Phi) is 6.04. The van der Waals surface area contributed by atoms with Crippen LogP contribution in [-0.2, 0) is 11.3 Å². The molecule has 0 bridgehead atoms. The third-order valence-electron chi connectivity index (χ3n) is 5.49. The molecule has 1 aliphatic rings. The number of hydrogen-bond donors (Lipinski definition) is 1. The van der Waals surface area contributed by atoms with E-state index in [-0.39, 0.29) is 24.3 Å². The second-order valence-corrected chi connectivity index (χ2v) is 8.51. The van der Waals surface area contributed by atoms with Gasteiger partial charge in [0.1, 0.15) is 0 Å². The highest BCUT2D eigenvalue weighted by Crippen LogP contribution is 2.33. The third kappa shape index (κ3) is 4.40. The molecular weight excluding hydrogens is 382 g/mol. The van der Waals surface area contributed by atoms with E-state index < -0.39 is 0 Å². The van der Waals surface area contributed by atoms with Gasteiger partial charge in [-0.1, -0.05) is 72.0 Å². The summed E-state index contributed by atoms with van der Waals surface area (Å²) in [7, 11) is 1.78. The minimum Gasteiger partial charge on any atom is -0.396 e. The topological polar surface area (TPSA) is 56.7 Å². The van der Waals surface area contributed by atoms with Crippen molar-refractivity contribution < 1.29 is 9.90 Å². The maximum Gasteiger partial charge on any atom is 0.233 e. The molecular formula is C23H25N3O2S. The number of aliphatic hydroxyl groups excluding tert-OH is 1. The van der Waals surface area contributed by atoms with Crippen LogP contribution in [0.25, 0.3) is 10.4 Å². The van der Waals surface area contributed by atoms with Gasteiger partial charge in [-0.05, 0) is 11.1 Å². The summed E-state index contributed by atoms with van der Waals surface area (Å²) in [6.45, 7) is 2.19. The van der Waals surface area contributed by atoms with Gasteiger partial charge in [0.2, 0.25) is 5.91 Å². The lowest BCUT2D eigenvalue weighted by atomic mass is 9.96. The van der Waals surface area contributed by atoms with E-state index in [0.29, 0.717) is 11.7 Å². The minimum absolute atomic E-state index is 0.0165.